The molecule has 0 spiro atoms. The highest BCUT2D eigenvalue weighted by molar-refractivity contribution is 6.30. The van der Waals surface area contributed by atoms with Crippen LogP contribution >= 0.6 is 11.6 Å². The Bertz CT molecular complexity index is 409. The third kappa shape index (κ3) is 4.75. The van der Waals surface area contributed by atoms with Gasteiger partial charge in [-0.3, -0.25) is 0 Å². The molecule has 0 aliphatic rings. The highest BCUT2D eigenvalue weighted by Gasteiger charge is 2.28. The van der Waals surface area contributed by atoms with Crippen molar-refractivity contribution in [2.75, 3.05) is 13.7 Å². The zero-order valence-electron chi connectivity index (χ0n) is 12.1. The average Bonchev–Trinajstić information content (AvgIpc) is 2.38. The summed E-state index contributed by atoms with van der Waals surface area (Å²) in [6.07, 6.45) is 1.81. The molecule has 1 aromatic carbocycles. The minimum Gasteiger partial charge on any atom is -0.377 e. The molecule has 0 heterocycles. The highest BCUT2D eigenvalue weighted by atomic mass is 35.5. The van der Waals surface area contributed by atoms with Crippen LogP contribution in [0.5, 0.6) is 0 Å². The van der Waals surface area contributed by atoms with Crippen LogP contribution in [0.3, 0.4) is 0 Å². The van der Waals surface area contributed by atoms with Gasteiger partial charge in [-0.05, 0) is 50.9 Å². The minimum absolute atomic E-state index is 0.152. The van der Waals surface area contributed by atoms with Crippen molar-refractivity contribution in [3.63, 3.8) is 0 Å². The normalized spacial score (nSPS) is 13.6. The first-order valence-corrected chi connectivity index (χ1v) is 7.01. The summed E-state index contributed by atoms with van der Waals surface area (Å²) in [5, 5.41) is 3.65. The minimum atomic E-state index is -0.380. The molecule has 0 aromatic heterocycles. The SMILES string of the molecule is CCCNC(Cc1ccc(F)c(Cl)c1)C(C)(C)OC. The van der Waals surface area contributed by atoms with Gasteiger partial charge < -0.3 is 10.1 Å². The molecule has 0 bridgehead atoms. The van der Waals surface area contributed by atoms with E-state index in [-0.39, 0.29) is 22.5 Å². The van der Waals surface area contributed by atoms with Gasteiger partial charge in [0.25, 0.3) is 0 Å². The zero-order chi connectivity index (χ0) is 14.5. The maximum Gasteiger partial charge on any atom is 0.141 e. The molecule has 0 saturated heterocycles. The van der Waals surface area contributed by atoms with E-state index >= 15 is 0 Å². The Morgan fingerprint density at radius 1 is 1.42 bits per heavy atom. The Hall–Kier alpha value is -0.640. The molecule has 2 nitrogen and oxygen atoms in total. The molecule has 1 aromatic rings. The molecule has 108 valence electrons. The van der Waals surface area contributed by atoms with Crippen LogP contribution in [0.15, 0.2) is 18.2 Å². The topological polar surface area (TPSA) is 21.3 Å². The first-order valence-electron chi connectivity index (χ1n) is 6.63. The van der Waals surface area contributed by atoms with Gasteiger partial charge in [0, 0.05) is 13.2 Å². The van der Waals surface area contributed by atoms with Crippen molar-refractivity contribution in [1.82, 2.24) is 5.32 Å². The number of hydrogen-bond acceptors (Lipinski definition) is 2. The van der Waals surface area contributed by atoms with Gasteiger partial charge in [0.05, 0.1) is 10.6 Å². The highest BCUT2D eigenvalue weighted by Crippen LogP contribution is 2.21. The lowest BCUT2D eigenvalue weighted by atomic mass is 9.92. The van der Waals surface area contributed by atoms with E-state index in [1.807, 2.05) is 13.8 Å². The Kier molecular flexibility index (Phi) is 6.24. The number of methoxy groups -OCH3 is 1. The van der Waals surface area contributed by atoms with E-state index in [0.717, 1.165) is 24.9 Å². The number of benzene rings is 1. The van der Waals surface area contributed by atoms with E-state index in [0.29, 0.717) is 0 Å². The third-order valence-corrected chi connectivity index (χ3v) is 3.72. The Morgan fingerprint density at radius 2 is 2.11 bits per heavy atom. The molecule has 0 aliphatic carbocycles. The standard InChI is InChI=1S/C15H23ClFNO/c1-5-8-18-14(15(2,3)19-4)10-11-6-7-13(17)12(16)9-11/h6-7,9,14,18H,5,8,10H2,1-4H3. The van der Waals surface area contributed by atoms with Crippen molar-refractivity contribution in [3.05, 3.63) is 34.6 Å². The molecule has 19 heavy (non-hydrogen) atoms. The number of nitrogens with one attached hydrogen (secondary N) is 1. The number of halogens is 2. The molecule has 0 radical (unpaired) electrons. The van der Waals surface area contributed by atoms with Crippen LogP contribution in [-0.2, 0) is 11.2 Å². The van der Waals surface area contributed by atoms with Crippen molar-refractivity contribution < 1.29 is 9.13 Å². The second kappa shape index (κ2) is 7.22. The predicted molar refractivity (Wildman–Crippen MR) is 78.3 cm³/mol. The second-order valence-electron chi connectivity index (χ2n) is 5.27. The molecule has 1 unspecified atom stereocenters. The van der Waals surface area contributed by atoms with E-state index in [1.54, 1.807) is 19.2 Å². The van der Waals surface area contributed by atoms with Crippen LogP contribution < -0.4 is 5.32 Å². The summed E-state index contributed by atoms with van der Waals surface area (Å²) in [6.45, 7) is 7.14. The summed E-state index contributed by atoms with van der Waals surface area (Å²) < 4.78 is 18.7. The van der Waals surface area contributed by atoms with Gasteiger partial charge in [0.2, 0.25) is 0 Å². The first-order chi connectivity index (χ1) is 8.90. The van der Waals surface area contributed by atoms with E-state index < -0.39 is 0 Å². The molecule has 1 rings (SSSR count). The Labute approximate surface area is 120 Å². The summed E-state index contributed by atoms with van der Waals surface area (Å²) >= 11 is 5.82. The van der Waals surface area contributed by atoms with Gasteiger partial charge in [-0.1, -0.05) is 24.6 Å². The van der Waals surface area contributed by atoms with Gasteiger partial charge in [-0.15, -0.1) is 0 Å². The number of rotatable bonds is 7. The summed E-state index contributed by atoms with van der Waals surface area (Å²) in [6, 6.07) is 5.02. The van der Waals surface area contributed by atoms with Gasteiger partial charge in [-0.25, -0.2) is 4.39 Å². The van der Waals surface area contributed by atoms with Crippen molar-refractivity contribution in [2.45, 2.75) is 45.3 Å². The lowest BCUT2D eigenvalue weighted by molar-refractivity contribution is -0.00997. The molecule has 0 amide bonds. The smallest absolute Gasteiger partial charge is 0.141 e. The zero-order valence-corrected chi connectivity index (χ0v) is 12.9. The van der Waals surface area contributed by atoms with Gasteiger partial charge in [-0.2, -0.15) is 0 Å². The van der Waals surface area contributed by atoms with Crippen LogP contribution in [0, 0.1) is 5.82 Å². The summed E-state index contributed by atoms with van der Waals surface area (Å²) in [4.78, 5) is 0. The molecule has 0 fully saturated rings. The van der Waals surface area contributed by atoms with Crippen LogP contribution in [0.4, 0.5) is 4.39 Å². The molecule has 4 heteroatoms. The number of hydrogen-bond donors (Lipinski definition) is 1. The molecular weight excluding hydrogens is 265 g/mol. The molecule has 1 atom stereocenters. The number of ether oxygens (including phenoxy) is 1. The Morgan fingerprint density at radius 3 is 2.63 bits per heavy atom. The van der Waals surface area contributed by atoms with Crippen LogP contribution in [-0.4, -0.2) is 25.3 Å². The summed E-state index contributed by atoms with van der Waals surface area (Å²) in [5.74, 6) is -0.380. The van der Waals surface area contributed by atoms with E-state index in [2.05, 4.69) is 12.2 Å². The molecule has 0 saturated carbocycles. The van der Waals surface area contributed by atoms with Crippen LogP contribution in [0.2, 0.25) is 5.02 Å². The van der Waals surface area contributed by atoms with Gasteiger partial charge in [0.15, 0.2) is 0 Å². The van der Waals surface area contributed by atoms with Crippen molar-refractivity contribution in [1.29, 1.82) is 0 Å². The van der Waals surface area contributed by atoms with Gasteiger partial charge in [0.1, 0.15) is 5.82 Å². The van der Waals surface area contributed by atoms with Crippen molar-refractivity contribution in [3.8, 4) is 0 Å². The predicted octanol–water partition coefficient (Wildman–Crippen LogP) is 3.81. The van der Waals surface area contributed by atoms with Crippen molar-refractivity contribution >= 4 is 11.6 Å². The molecular formula is C15H23ClFNO. The fraction of sp³-hybridized carbons (Fsp3) is 0.600. The molecule has 0 aliphatic heterocycles. The largest absolute Gasteiger partial charge is 0.377 e. The van der Waals surface area contributed by atoms with Crippen LogP contribution in [0.1, 0.15) is 32.8 Å². The van der Waals surface area contributed by atoms with Crippen LogP contribution in [0.25, 0.3) is 0 Å². The fourth-order valence-corrected chi connectivity index (χ4v) is 2.13. The van der Waals surface area contributed by atoms with Gasteiger partial charge >= 0.3 is 0 Å². The first kappa shape index (κ1) is 16.4. The quantitative estimate of drug-likeness (QED) is 0.823. The van der Waals surface area contributed by atoms with E-state index in [1.165, 1.54) is 6.07 Å². The van der Waals surface area contributed by atoms with E-state index in [9.17, 15) is 4.39 Å². The summed E-state index contributed by atoms with van der Waals surface area (Å²) in [7, 11) is 1.71. The monoisotopic (exact) mass is 287 g/mol. The second-order valence-corrected chi connectivity index (χ2v) is 5.67. The average molecular weight is 288 g/mol. The lowest BCUT2D eigenvalue weighted by Gasteiger charge is -2.34. The third-order valence-electron chi connectivity index (χ3n) is 3.43. The van der Waals surface area contributed by atoms with Crippen molar-refractivity contribution in [2.24, 2.45) is 0 Å². The maximum absolute atomic E-state index is 13.2. The fourth-order valence-electron chi connectivity index (χ4n) is 1.93. The Balaban J connectivity index is 2.84. The lowest BCUT2D eigenvalue weighted by Crippen LogP contribution is -2.49. The molecule has 1 N–H and O–H groups in total. The maximum atomic E-state index is 13.2. The summed E-state index contributed by atoms with van der Waals surface area (Å²) in [5.41, 5.74) is 0.709. The van der Waals surface area contributed by atoms with E-state index in [4.69, 9.17) is 16.3 Å².